The predicted octanol–water partition coefficient (Wildman–Crippen LogP) is 3.89. The zero-order valence-corrected chi connectivity index (χ0v) is 13.0. The molecule has 0 saturated carbocycles. The van der Waals surface area contributed by atoms with Crippen LogP contribution >= 0.6 is 0 Å². The smallest absolute Gasteiger partial charge is 0.223 e. The molecule has 1 heterocycles. The maximum Gasteiger partial charge on any atom is 0.223 e. The molecule has 116 valence electrons. The van der Waals surface area contributed by atoms with E-state index in [4.69, 9.17) is 0 Å². The molecule has 3 rings (SSSR count). The van der Waals surface area contributed by atoms with Crippen LogP contribution in [0.25, 0.3) is 5.69 Å². The summed E-state index contributed by atoms with van der Waals surface area (Å²) in [6.45, 7) is 2.10. The lowest BCUT2D eigenvalue weighted by Gasteiger charge is -2.19. The highest BCUT2D eigenvalue weighted by Gasteiger charge is 2.14. The first kappa shape index (κ1) is 15.1. The van der Waals surface area contributed by atoms with Gasteiger partial charge in [-0.15, -0.1) is 0 Å². The van der Waals surface area contributed by atoms with Crippen molar-refractivity contribution in [2.45, 2.75) is 19.3 Å². The molecule has 0 spiro atoms. The number of nitrogens with zero attached hydrogens (tertiary/aromatic N) is 1. The molecule has 1 aromatic heterocycles. The van der Waals surface area contributed by atoms with Gasteiger partial charge in [-0.2, -0.15) is 0 Å². The fourth-order valence-corrected chi connectivity index (χ4v) is 2.80. The van der Waals surface area contributed by atoms with Crippen molar-refractivity contribution in [1.29, 1.82) is 0 Å². The number of benzene rings is 2. The summed E-state index contributed by atoms with van der Waals surface area (Å²) < 4.78 is 1.89. The van der Waals surface area contributed by atoms with Crippen LogP contribution in [-0.2, 0) is 6.42 Å². The Kier molecular flexibility index (Phi) is 4.29. The summed E-state index contributed by atoms with van der Waals surface area (Å²) in [4.78, 5) is 11.9. The first-order valence-corrected chi connectivity index (χ1v) is 7.70. The summed E-state index contributed by atoms with van der Waals surface area (Å²) >= 11 is 0. The molecule has 0 fully saturated rings. The molecule has 3 aromatic rings. The van der Waals surface area contributed by atoms with Gasteiger partial charge in [-0.25, -0.2) is 0 Å². The van der Waals surface area contributed by atoms with Gasteiger partial charge in [0.25, 0.3) is 0 Å². The number of aromatic nitrogens is 1. The minimum absolute atomic E-state index is 0.144. The van der Waals surface area contributed by atoms with Crippen LogP contribution in [0.1, 0.15) is 24.1 Å². The Morgan fingerprint density at radius 2 is 1.61 bits per heavy atom. The topological polar surface area (TPSA) is 42.2 Å². The zero-order valence-electron chi connectivity index (χ0n) is 13.0. The Hall–Kier alpha value is -2.81. The summed E-state index contributed by atoms with van der Waals surface area (Å²) in [5.74, 6) is -0.0876. The van der Waals surface area contributed by atoms with Crippen LogP contribution in [0.2, 0.25) is 0 Å². The van der Waals surface area contributed by atoms with Crippen molar-refractivity contribution in [2.24, 2.45) is 0 Å². The van der Waals surface area contributed by atoms with Crippen molar-refractivity contribution in [3.05, 3.63) is 94.4 Å². The number of aromatic hydroxyl groups is 1. The van der Waals surface area contributed by atoms with Gasteiger partial charge in [-0.05, 0) is 24.1 Å². The van der Waals surface area contributed by atoms with E-state index in [-0.39, 0.29) is 17.1 Å². The average molecular weight is 305 g/mol. The minimum atomic E-state index is -0.341. The summed E-state index contributed by atoms with van der Waals surface area (Å²) in [5.41, 5.74) is 2.70. The number of pyridine rings is 1. The third-order valence-corrected chi connectivity index (χ3v) is 3.98. The van der Waals surface area contributed by atoms with E-state index in [9.17, 15) is 9.90 Å². The number of hydrogen-bond acceptors (Lipinski definition) is 2. The van der Waals surface area contributed by atoms with Gasteiger partial charge in [-0.3, -0.25) is 4.79 Å². The van der Waals surface area contributed by atoms with Crippen molar-refractivity contribution in [3.63, 3.8) is 0 Å². The Balaban J connectivity index is 2.04. The molecule has 0 bridgehead atoms. The summed E-state index contributed by atoms with van der Waals surface area (Å²) in [6, 6.07) is 21.5. The van der Waals surface area contributed by atoms with Gasteiger partial charge in [0, 0.05) is 23.4 Å². The lowest BCUT2D eigenvalue weighted by molar-refractivity contribution is 0.463. The Labute approximate surface area is 135 Å². The molecular formula is C20H19NO2. The van der Waals surface area contributed by atoms with Crippen molar-refractivity contribution in [3.8, 4) is 11.4 Å². The molecule has 0 saturated heterocycles. The molecule has 0 unspecified atom stereocenters. The van der Waals surface area contributed by atoms with Gasteiger partial charge in [-0.1, -0.05) is 55.5 Å². The fraction of sp³-hybridized carbons (Fsp3) is 0.150. The largest absolute Gasteiger partial charge is 0.503 e. The van der Waals surface area contributed by atoms with Crippen molar-refractivity contribution < 1.29 is 5.11 Å². The average Bonchev–Trinajstić information content (AvgIpc) is 2.58. The minimum Gasteiger partial charge on any atom is -0.503 e. The summed E-state index contributed by atoms with van der Waals surface area (Å²) in [6.07, 6.45) is 2.34. The number of hydrogen-bond donors (Lipinski definition) is 1. The number of rotatable bonds is 4. The fourth-order valence-electron chi connectivity index (χ4n) is 2.80. The van der Waals surface area contributed by atoms with Crippen LogP contribution in [0.3, 0.4) is 0 Å². The lowest BCUT2D eigenvalue weighted by Crippen LogP contribution is -2.14. The van der Waals surface area contributed by atoms with Crippen LogP contribution in [0.5, 0.6) is 5.75 Å². The molecule has 0 radical (unpaired) electrons. The second-order valence-electron chi connectivity index (χ2n) is 5.74. The zero-order chi connectivity index (χ0) is 16.2. The summed E-state index contributed by atoms with van der Waals surface area (Å²) in [7, 11) is 0. The monoisotopic (exact) mass is 305 g/mol. The Bertz CT molecular complexity index is 839. The molecule has 0 aliphatic carbocycles. The second-order valence-corrected chi connectivity index (χ2v) is 5.74. The van der Waals surface area contributed by atoms with Gasteiger partial charge in [0.2, 0.25) is 5.43 Å². The van der Waals surface area contributed by atoms with Gasteiger partial charge >= 0.3 is 0 Å². The van der Waals surface area contributed by atoms with Crippen LogP contribution in [0.4, 0.5) is 0 Å². The molecule has 0 amide bonds. The molecule has 1 N–H and O–H groups in total. The van der Waals surface area contributed by atoms with Gasteiger partial charge in [0.15, 0.2) is 5.75 Å². The highest BCUT2D eigenvalue weighted by atomic mass is 16.3. The van der Waals surface area contributed by atoms with Crippen molar-refractivity contribution >= 4 is 0 Å². The van der Waals surface area contributed by atoms with E-state index in [0.717, 1.165) is 17.8 Å². The van der Waals surface area contributed by atoms with E-state index in [2.05, 4.69) is 19.1 Å². The molecule has 0 aliphatic heterocycles. The third-order valence-electron chi connectivity index (χ3n) is 3.98. The van der Waals surface area contributed by atoms with Gasteiger partial charge < -0.3 is 9.67 Å². The Morgan fingerprint density at radius 3 is 2.26 bits per heavy atom. The van der Waals surface area contributed by atoms with Crippen LogP contribution in [-0.4, -0.2) is 9.67 Å². The van der Waals surface area contributed by atoms with E-state index in [1.54, 1.807) is 0 Å². The highest BCUT2D eigenvalue weighted by molar-refractivity contribution is 5.38. The second kappa shape index (κ2) is 6.53. The Morgan fingerprint density at radius 1 is 1.00 bits per heavy atom. The molecule has 23 heavy (non-hydrogen) atoms. The van der Waals surface area contributed by atoms with Gasteiger partial charge in [0.1, 0.15) is 0 Å². The molecule has 2 aromatic carbocycles. The van der Waals surface area contributed by atoms with Crippen LogP contribution in [0.15, 0.2) is 77.7 Å². The van der Waals surface area contributed by atoms with E-state index in [1.807, 2.05) is 53.1 Å². The molecule has 1 atom stereocenters. The third kappa shape index (κ3) is 3.34. The number of para-hydroxylation sites is 1. The quantitative estimate of drug-likeness (QED) is 0.794. The van der Waals surface area contributed by atoms with E-state index >= 15 is 0 Å². The molecule has 0 aliphatic rings. The predicted molar refractivity (Wildman–Crippen MR) is 92.3 cm³/mol. The first-order valence-electron chi connectivity index (χ1n) is 7.70. The lowest BCUT2D eigenvalue weighted by atomic mass is 9.97. The van der Waals surface area contributed by atoms with Crippen LogP contribution < -0.4 is 5.43 Å². The van der Waals surface area contributed by atoms with E-state index < -0.39 is 0 Å². The maximum atomic E-state index is 11.9. The van der Waals surface area contributed by atoms with E-state index in [0.29, 0.717) is 0 Å². The summed E-state index contributed by atoms with van der Waals surface area (Å²) in [5, 5.41) is 9.82. The molecule has 3 heteroatoms. The maximum absolute atomic E-state index is 11.9. The molecule has 3 nitrogen and oxygen atoms in total. The van der Waals surface area contributed by atoms with Gasteiger partial charge in [0.05, 0.1) is 6.20 Å². The van der Waals surface area contributed by atoms with Crippen molar-refractivity contribution in [1.82, 2.24) is 4.57 Å². The first-order chi connectivity index (χ1) is 11.1. The van der Waals surface area contributed by atoms with E-state index in [1.165, 1.54) is 17.8 Å². The molecular weight excluding hydrogens is 286 g/mol. The SMILES string of the molecule is C[C@H](Cc1ccccc1)c1cc(=O)c(O)cn1-c1ccccc1. The van der Waals surface area contributed by atoms with Crippen LogP contribution in [0, 0.1) is 0 Å². The highest BCUT2D eigenvalue weighted by Crippen LogP contribution is 2.23. The van der Waals surface area contributed by atoms with Crippen molar-refractivity contribution in [2.75, 3.05) is 0 Å². The standard InChI is InChI=1S/C20H19NO2/c1-15(12-16-8-4-2-5-9-16)18-13-19(22)20(23)14-21(18)17-10-6-3-7-11-17/h2-11,13-15,23H,12H2,1H3/t15-/m1/s1. The normalized spacial score (nSPS) is 12.0.